The van der Waals surface area contributed by atoms with Crippen LogP contribution in [0.3, 0.4) is 0 Å². The van der Waals surface area contributed by atoms with E-state index in [2.05, 4.69) is 15.8 Å². The molecule has 1 atom stereocenters. The average molecular weight is 443 g/mol. The van der Waals surface area contributed by atoms with E-state index in [1.165, 1.54) is 23.2 Å². The lowest BCUT2D eigenvalue weighted by Gasteiger charge is -2.32. The van der Waals surface area contributed by atoms with Crippen molar-refractivity contribution in [1.29, 1.82) is 5.26 Å². The van der Waals surface area contributed by atoms with Crippen LogP contribution in [0.15, 0.2) is 54.7 Å². The highest BCUT2D eigenvalue weighted by molar-refractivity contribution is 5.95. The number of carbonyl (C=O) groups is 1. The molecule has 0 aliphatic carbocycles. The number of rotatable bonds is 5. The third kappa shape index (κ3) is 4.73. The largest absolute Gasteiger partial charge is 0.573 e. The minimum atomic E-state index is -4.79. The molecular weight excluding hydrogens is 427 g/mol. The topological polar surface area (TPSA) is 84.7 Å². The zero-order valence-electron chi connectivity index (χ0n) is 16.5. The van der Waals surface area contributed by atoms with Crippen LogP contribution in [0.2, 0.25) is 0 Å². The van der Waals surface area contributed by atoms with Gasteiger partial charge in [0.15, 0.2) is 0 Å². The fraction of sp³-hybridized carbons (Fsp3) is 0.227. The number of nitriles is 1. The summed E-state index contributed by atoms with van der Waals surface area (Å²) >= 11 is 0. The molecule has 0 N–H and O–H groups in total. The summed E-state index contributed by atoms with van der Waals surface area (Å²) in [6.45, 7) is 0.0672. The molecule has 32 heavy (non-hydrogen) atoms. The van der Waals surface area contributed by atoms with Crippen LogP contribution in [0.1, 0.15) is 5.56 Å². The molecule has 2 heterocycles. The number of pyridine rings is 1. The standard InChI is InChI=1S/C22H16F3N3O4/c23-22(24,25)32-16-6-4-15(5-7-16)28-11-17(30-13-20(28)29)12-31-19-3-1-2-18-14(10-26)8-9-27-21(18)19/h1-9,17H,11-13H2/t17-/m0/s1. The van der Waals surface area contributed by atoms with Crippen molar-refractivity contribution in [3.8, 4) is 17.6 Å². The summed E-state index contributed by atoms with van der Waals surface area (Å²) in [5.74, 6) is -0.224. The molecule has 0 spiro atoms. The minimum absolute atomic E-state index is 0.108. The van der Waals surface area contributed by atoms with Gasteiger partial charge in [-0.2, -0.15) is 5.26 Å². The monoisotopic (exact) mass is 443 g/mol. The van der Waals surface area contributed by atoms with E-state index in [0.717, 1.165) is 12.1 Å². The van der Waals surface area contributed by atoms with Gasteiger partial charge >= 0.3 is 6.36 Å². The van der Waals surface area contributed by atoms with Crippen LogP contribution in [0, 0.1) is 11.3 Å². The molecule has 10 heteroatoms. The van der Waals surface area contributed by atoms with Crippen LogP contribution < -0.4 is 14.4 Å². The van der Waals surface area contributed by atoms with Gasteiger partial charge in [-0.05, 0) is 36.4 Å². The van der Waals surface area contributed by atoms with Gasteiger partial charge in [0.25, 0.3) is 5.91 Å². The molecule has 164 valence electrons. The number of ether oxygens (including phenoxy) is 3. The molecule has 1 aliphatic heterocycles. The fourth-order valence-corrected chi connectivity index (χ4v) is 3.35. The number of halogens is 3. The first kappa shape index (κ1) is 21.4. The third-order valence-corrected chi connectivity index (χ3v) is 4.79. The Labute approximate surface area is 180 Å². The molecule has 1 amide bonds. The number of aromatic nitrogens is 1. The molecule has 2 aromatic carbocycles. The maximum absolute atomic E-state index is 12.3. The van der Waals surface area contributed by atoms with Crippen molar-refractivity contribution < 1.29 is 32.2 Å². The maximum Gasteiger partial charge on any atom is 0.573 e. The number of alkyl halides is 3. The van der Waals surface area contributed by atoms with Crippen LogP contribution in [0.4, 0.5) is 18.9 Å². The van der Waals surface area contributed by atoms with E-state index in [0.29, 0.717) is 27.9 Å². The van der Waals surface area contributed by atoms with Gasteiger partial charge < -0.3 is 19.1 Å². The number of fused-ring (bicyclic) bond motifs is 1. The predicted molar refractivity (Wildman–Crippen MR) is 107 cm³/mol. The highest BCUT2D eigenvalue weighted by Crippen LogP contribution is 2.28. The smallest absolute Gasteiger partial charge is 0.489 e. The lowest BCUT2D eigenvalue weighted by molar-refractivity contribution is -0.274. The molecule has 0 radical (unpaired) electrons. The molecule has 0 bridgehead atoms. The van der Waals surface area contributed by atoms with Crippen molar-refractivity contribution in [2.24, 2.45) is 0 Å². The Morgan fingerprint density at radius 2 is 1.97 bits per heavy atom. The lowest BCUT2D eigenvalue weighted by atomic mass is 10.1. The van der Waals surface area contributed by atoms with Crippen molar-refractivity contribution >= 4 is 22.5 Å². The predicted octanol–water partition coefficient (Wildman–Crippen LogP) is 3.82. The normalized spacial score (nSPS) is 16.6. The molecule has 1 saturated heterocycles. The molecule has 1 aliphatic rings. The molecule has 7 nitrogen and oxygen atoms in total. The second-order valence-corrected chi connectivity index (χ2v) is 6.91. The Kier molecular flexibility index (Phi) is 5.83. The van der Waals surface area contributed by atoms with Crippen molar-refractivity contribution in [3.05, 3.63) is 60.3 Å². The molecule has 1 aromatic heterocycles. The second kappa shape index (κ2) is 8.72. The fourth-order valence-electron chi connectivity index (χ4n) is 3.35. The number of morpholine rings is 1. The number of nitrogens with zero attached hydrogens (tertiary/aromatic N) is 3. The SMILES string of the molecule is N#Cc1ccnc2c(OC[C@@H]3CN(c4ccc(OC(F)(F)F)cc4)C(=O)CO3)cccc12. The molecule has 4 rings (SSSR count). The Morgan fingerprint density at radius 1 is 1.19 bits per heavy atom. The second-order valence-electron chi connectivity index (χ2n) is 6.91. The summed E-state index contributed by atoms with van der Waals surface area (Å²) < 4.78 is 52.3. The van der Waals surface area contributed by atoms with E-state index >= 15 is 0 Å². The summed E-state index contributed by atoms with van der Waals surface area (Å²) in [6, 6.07) is 14.0. The van der Waals surface area contributed by atoms with Crippen LogP contribution in [0.5, 0.6) is 11.5 Å². The van der Waals surface area contributed by atoms with Crippen molar-refractivity contribution in [1.82, 2.24) is 4.98 Å². The zero-order chi connectivity index (χ0) is 22.7. The number of hydrogen-bond donors (Lipinski definition) is 0. The van der Waals surface area contributed by atoms with Gasteiger partial charge in [-0.3, -0.25) is 9.78 Å². The van der Waals surface area contributed by atoms with E-state index in [9.17, 15) is 23.2 Å². The number of benzene rings is 2. The van der Waals surface area contributed by atoms with Crippen molar-refractivity contribution in [3.63, 3.8) is 0 Å². The summed E-state index contributed by atoms with van der Waals surface area (Å²) in [6.07, 6.45) is -3.74. The maximum atomic E-state index is 12.3. The summed E-state index contributed by atoms with van der Waals surface area (Å²) in [4.78, 5) is 18.0. The summed E-state index contributed by atoms with van der Waals surface area (Å²) in [5, 5.41) is 9.92. The van der Waals surface area contributed by atoms with Gasteiger partial charge in [-0.1, -0.05) is 12.1 Å². The minimum Gasteiger partial charge on any atom is -0.489 e. The molecule has 3 aromatic rings. The quantitative estimate of drug-likeness (QED) is 0.596. The van der Waals surface area contributed by atoms with Crippen LogP contribution in [-0.2, 0) is 9.53 Å². The first-order valence-electron chi connectivity index (χ1n) is 9.52. The molecule has 0 unspecified atom stereocenters. The van der Waals surface area contributed by atoms with Gasteiger partial charge in [-0.15, -0.1) is 13.2 Å². The van der Waals surface area contributed by atoms with Crippen LogP contribution >= 0.6 is 0 Å². The number of carbonyl (C=O) groups excluding carboxylic acids is 1. The molecular formula is C22H16F3N3O4. The van der Waals surface area contributed by atoms with E-state index in [-0.39, 0.29) is 31.4 Å². The number of anilines is 1. The number of hydrogen-bond acceptors (Lipinski definition) is 6. The highest BCUT2D eigenvalue weighted by atomic mass is 19.4. The highest BCUT2D eigenvalue weighted by Gasteiger charge is 2.32. The number of para-hydroxylation sites is 1. The first-order valence-corrected chi connectivity index (χ1v) is 9.52. The van der Waals surface area contributed by atoms with Gasteiger partial charge in [0.1, 0.15) is 36.3 Å². The van der Waals surface area contributed by atoms with E-state index in [1.54, 1.807) is 24.3 Å². The lowest BCUT2D eigenvalue weighted by Crippen LogP contribution is -2.48. The van der Waals surface area contributed by atoms with E-state index in [1.807, 2.05) is 0 Å². The van der Waals surface area contributed by atoms with Crippen LogP contribution in [0.25, 0.3) is 10.9 Å². The summed E-state index contributed by atoms with van der Waals surface area (Å²) in [5.41, 5.74) is 1.43. The van der Waals surface area contributed by atoms with Crippen molar-refractivity contribution in [2.75, 3.05) is 24.7 Å². The average Bonchev–Trinajstić information content (AvgIpc) is 2.77. The van der Waals surface area contributed by atoms with Crippen molar-refractivity contribution in [2.45, 2.75) is 12.5 Å². The molecule has 1 fully saturated rings. The summed E-state index contributed by atoms with van der Waals surface area (Å²) in [7, 11) is 0. The number of amides is 1. The Hall–Kier alpha value is -3.84. The van der Waals surface area contributed by atoms with Gasteiger partial charge in [0, 0.05) is 17.3 Å². The zero-order valence-corrected chi connectivity index (χ0v) is 16.5. The third-order valence-electron chi connectivity index (χ3n) is 4.79. The van der Waals surface area contributed by atoms with Gasteiger partial charge in [0.2, 0.25) is 0 Å². The van der Waals surface area contributed by atoms with E-state index < -0.39 is 12.5 Å². The Balaban J connectivity index is 1.45. The Bertz CT molecular complexity index is 1180. The van der Waals surface area contributed by atoms with Gasteiger partial charge in [-0.25, -0.2) is 0 Å². The van der Waals surface area contributed by atoms with Gasteiger partial charge in [0.05, 0.1) is 18.2 Å². The Morgan fingerprint density at radius 3 is 2.69 bits per heavy atom. The van der Waals surface area contributed by atoms with Crippen LogP contribution in [-0.4, -0.2) is 43.1 Å². The molecule has 0 saturated carbocycles. The van der Waals surface area contributed by atoms with E-state index in [4.69, 9.17) is 9.47 Å². The first-order chi connectivity index (χ1) is 15.3.